The Balaban J connectivity index is 1.45. The van der Waals surface area contributed by atoms with Gasteiger partial charge in [0.15, 0.2) is 6.10 Å². The maximum Gasteiger partial charge on any atom is 0.267 e. The van der Waals surface area contributed by atoms with Crippen LogP contribution in [0.25, 0.3) is 6.08 Å². The minimum atomic E-state index is -0.591. The number of carbonyl (C=O) groups is 2. The maximum absolute atomic E-state index is 12.8. The molecule has 1 aliphatic heterocycles. The van der Waals surface area contributed by atoms with Gasteiger partial charge in [0.05, 0.1) is 12.2 Å². The van der Waals surface area contributed by atoms with E-state index >= 15 is 0 Å². The Morgan fingerprint density at radius 2 is 1.85 bits per heavy atom. The van der Waals surface area contributed by atoms with Gasteiger partial charge in [-0.3, -0.25) is 9.59 Å². The van der Waals surface area contributed by atoms with E-state index in [1.54, 1.807) is 36.1 Å². The highest BCUT2D eigenvalue weighted by Crippen LogP contribution is 2.36. The van der Waals surface area contributed by atoms with E-state index in [1.807, 2.05) is 61.5 Å². The van der Waals surface area contributed by atoms with Crippen LogP contribution < -0.4 is 19.7 Å². The Morgan fingerprint density at radius 3 is 2.61 bits per heavy atom. The van der Waals surface area contributed by atoms with E-state index < -0.39 is 6.10 Å². The number of rotatable bonds is 7. The molecule has 1 aliphatic rings. The molecule has 1 atom stereocenters. The molecule has 4 rings (SSSR count). The predicted octanol–water partition coefficient (Wildman–Crippen LogP) is 4.84. The number of anilines is 2. The van der Waals surface area contributed by atoms with E-state index in [0.717, 1.165) is 16.9 Å². The Hall–Kier alpha value is -4.06. The molecular formula is C27H26N2O4. The Kier molecular flexibility index (Phi) is 6.74. The number of nitrogens with one attached hydrogen (secondary N) is 1. The van der Waals surface area contributed by atoms with Crippen molar-refractivity contribution in [3.05, 3.63) is 90.0 Å². The first-order valence-electron chi connectivity index (χ1n) is 10.9. The zero-order valence-corrected chi connectivity index (χ0v) is 18.7. The van der Waals surface area contributed by atoms with Crippen LogP contribution in [0, 0.1) is 6.92 Å². The van der Waals surface area contributed by atoms with Gasteiger partial charge < -0.3 is 19.7 Å². The molecule has 0 saturated heterocycles. The van der Waals surface area contributed by atoms with Gasteiger partial charge >= 0.3 is 0 Å². The summed E-state index contributed by atoms with van der Waals surface area (Å²) in [5, 5.41) is 2.85. The van der Waals surface area contributed by atoms with Gasteiger partial charge in [-0.1, -0.05) is 48.0 Å². The third kappa shape index (κ3) is 5.60. The van der Waals surface area contributed by atoms with Crippen molar-refractivity contribution < 1.29 is 19.1 Å². The second-order valence-electron chi connectivity index (χ2n) is 7.83. The van der Waals surface area contributed by atoms with Gasteiger partial charge in [0, 0.05) is 11.8 Å². The number of hydrogen-bond donors (Lipinski definition) is 1. The average Bonchev–Trinajstić information content (AvgIpc) is 2.82. The van der Waals surface area contributed by atoms with E-state index in [4.69, 9.17) is 9.47 Å². The number of benzene rings is 3. The monoisotopic (exact) mass is 442 g/mol. The molecule has 33 heavy (non-hydrogen) atoms. The number of ether oxygens (including phenoxy) is 2. The lowest BCUT2D eigenvalue weighted by molar-refractivity contribution is -0.125. The largest absolute Gasteiger partial charge is 0.492 e. The van der Waals surface area contributed by atoms with E-state index in [-0.39, 0.29) is 11.8 Å². The lowest BCUT2D eigenvalue weighted by atomic mass is 10.1. The Bertz CT molecular complexity index is 1160. The standard InChI is InChI=1S/C27H26N2O4/c1-19-8-10-21(11-9-19)12-15-26(30)28-22-13-14-25-24(18-22)29(27(31)20(2)33-25)16-17-32-23-6-4-3-5-7-23/h3-15,18,20H,16-17H2,1-2H3,(H,28,30)/b15-12+. The van der Waals surface area contributed by atoms with Gasteiger partial charge in [-0.15, -0.1) is 0 Å². The van der Waals surface area contributed by atoms with Gasteiger partial charge in [-0.05, 0) is 55.8 Å². The highest BCUT2D eigenvalue weighted by atomic mass is 16.5. The fourth-order valence-electron chi connectivity index (χ4n) is 3.52. The summed E-state index contributed by atoms with van der Waals surface area (Å²) in [5.74, 6) is 0.927. The van der Waals surface area contributed by atoms with Crippen molar-refractivity contribution in [1.82, 2.24) is 0 Å². The minimum absolute atomic E-state index is 0.151. The summed E-state index contributed by atoms with van der Waals surface area (Å²) < 4.78 is 11.5. The zero-order chi connectivity index (χ0) is 23.2. The van der Waals surface area contributed by atoms with Crippen molar-refractivity contribution >= 4 is 29.3 Å². The molecule has 0 fully saturated rings. The van der Waals surface area contributed by atoms with Gasteiger partial charge in [-0.2, -0.15) is 0 Å². The number of hydrogen-bond acceptors (Lipinski definition) is 4. The summed E-state index contributed by atoms with van der Waals surface area (Å²) in [6.45, 7) is 4.43. The van der Waals surface area contributed by atoms with Crippen LogP contribution in [0.15, 0.2) is 78.9 Å². The smallest absolute Gasteiger partial charge is 0.267 e. The number of amides is 2. The fraction of sp³-hybridized carbons (Fsp3) is 0.185. The number of nitrogens with zero attached hydrogens (tertiary/aromatic N) is 1. The Morgan fingerprint density at radius 1 is 1.09 bits per heavy atom. The molecule has 1 N–H and O–H groups in total. The highest BCUT2D eigenvalue weighted by molar-refractivity contribution is 6.04. The molecule has 0 aliphatic carbocycles. The van der Waals surface area contributed by atoms with Crippen LogP contribution in [0.3, 0.4) is 0 Å². The molecule has 0 aromatic heterocycles. The van der Waals surface area contributed by atoms with Gasteiger partial charge in [0.25, 0.3) is 5.91 Å². The number of fused-ring (bicyclic) bond motifs is 1. The summed E-state index contributed by atoms with van der Waals surface area (Å²) in [5.41, 5.74) is 3.29. The molecular weight excluding hydrogens is 416 g/mol. The van der Waals surface area contributed by atoms with Crippen LogP contribution in [-0.4, -0.2) is 31.1 Å². The zero-order valence-electron chi connectivity index (χ0n) is 18.7. The predicted molar refractivity (Wildman–Crippen MR) is 130 cm³/mol. The van der Waals surface area contributed by atoms with Crippen LogP contribution in [0.4, 0.5) is 11.4 Å². The number of carbonyl (C=O) groups excluding carboxylic acids is 2. The summed E-state index contributed by atoms with van der Waals surface area (Å²) in [7, 11) is 0. The summed E-state index contributed by atoms with van der Waals surface area (Å²) in [6, 6.07) is 22.6. The van der Waals surface area contributed by atoms with Crippen molar-refractivity contribution in [2.75, 3.05) is 23.4 Å². The first-order chi connectivity index (χ1) is 16.0. The van der Waals surface area contributed by atoms with Gasteiger partial charge in [-0.25, -0.2) is 0 Å². The molecule has 0 bridgehead atoms. The third-order valence-corrected chi connectivity index (χ3v) is 5.27. The van der Waals surface area contributed by atoms with E-state index in [9.17, 15) is 9.59 Å². The van der Waals surface area contributed by atoms with Crippen LogP contribution in [0.1, 0.15) is 18.1 Å². The van der Waals surface area contributed by atoms with Crippen molar-refractivity contribution in [2.24, 2.45) is 0 Å². The number of aryl methyl sites for hydroxylation is 1. The second kappa shape index (κ2) is 10.0. The van der Waals surface area contributed by atoms with Gasteiger partial charge in [0.1, 0.15) is 18.1 Å². The van der Waals surface area contributed by atoms with Crippen LogP contribution in [0.2, 0.25) is 0 Å². The molecule has 0 saturated carbocycles. The molecule has 6 heteroatoms. The quantitative estimate of drug-likeness (QED) is 0.532. The van der Waals surface area contributed by atoms with Crippen molar-refractivity contribution in [1.29, 1.82) is 0 Å². The SMILES string of the molecule is Cc1ccc(/C=C/C(=O)Nc2ccc3c(c2)N(CCOc2ccccc2)C(=O)C(C)O3)cc1. The molecule has 168 valence electrons. The molecule has 0 spiro atoms. The molecule has 6 nitrogen and oxygen atoms in total. The molecule has 3 aromatic carbocycles. The lowest BCUT2D eigenvalue weighted by Crippen LogP contribution is -2.46. The topological polar surface area (TPSA) is 67.9 Å². The molecule has 1 heterocycles. The van der Waals surface area contributed by atoms with Crippen molar-refractivity contribution in [3.63, 3.8) is 0 Å². The van der Waals surface area contributed by atoms with Gasteiger partial charge in [0.2, 0.25) is 5.91 Å². The third-order valence-electron chi connectivity index (χ3n) is 5.27. The first kappa shape index (κ1) is 22.1. The average molecular weight is 443 g/mol. The van der Waals surface area contributed by atoms with E-state index in [2.05, 4.69) is 5.32 Å². The lowest BCUT2D eigenvalue weighted by Gasteiger charge is -2.33. The summed E-state index contributed by atoms with van der Waals surface area (Å²) >= 11 is 0. The minimum Gasteiger partial charge on any atom is -0.492 e. The van der Waals surface area contributed by atoms with Crippen LogP contribution in [-0.2, 0) is 9.59 Å². The molecule has 1 unspecified atom stereocenters. The van der Waals surface area contributed by atoms with Crippen molar-refractivity contribution in [2.45, 2.75) is 20.0 Å². The van der Waals surface area contributed by atoms with E-state index in [1.165, 1.54) is 6.08 Å². The fourth-order valence-corrected chi connectivity index (χ4v) is 3.52. The number of para-hydroxylation sites is 1. The highest BCUT2D eigenvalue weighted by Gasteiger charge is 2.31. The molecule has 2 amide bonds. The van der Waals surface area contributed by atoms with Crippen molar-refractivity contribution in [3.8, 4) is 11.5 Å². The van der Waals surface area contributed by atoms with Crippen LogP contribution >= 0.6 is 0 Å². The van der Waals surface area contributed by atoms with E-state index in [0.29, 0.717) is 30.3 Å². The second-order valence-corrected chi connectivity index (χ2v) is 7.83. The first-order valence-corrected chi connectivity index (χ1v) is 10.9. The molecule has 0 radical (unpaired) electrons. The molecule has 3 aromatic rings. The maximum atomic E-state index is 12.8. The van der Waals surface area contributed by atoms with Crippen LogP contribution in [0.5, 0.6) is 11.5 Å². The summed E-state index contributed by atoms with van der Waals surface area (Å²) in [4.78, 5) is 26.9. The Labute approximate surface area is 193 Å². The summed E-state index contributed by atoms with van der Waals surface area (Å²) in [6.07, 6.45) is 2.65. The normalized spacial score (nSPS) is 15.2.